The SMILES string of the molecule is CC(C)(C)c1ccc(-c2csc(-c3ccc(S(=O)(=O)Nc4ccc(CCNCC(O)c5cccnc5)cc4)cc3)n2)cc1. The van der Waals surface area contributed by atoms with Crippen LogP contribution in [0.3, 0.4) is 0 Å². The lowest BCUT2D eigenvalue weighted by Crippen LogP contribution is -2.23. The monoisotopic (exact) mass is 612 g/mol. The van der Waals surface area contributed by atoms with Gasteiger partial charge < -0.3 is 10.4 Å². The summed E-state index contributed by atoms with van der Waals surface area (Å²) in [6.07, 6.45) is 3.46. The van der Waals surface area contributed by atoms with Crippen molar-refractivity contribution in [2.24, 2.45) is 0 Å². The van der Waals surface area contributed by atoms with E-state index in [0.717, 1.165) is 39.4 Å². The molecule has 0 aliphatic heterocycles. The van der Waals surface area contributed by atoms with Crippen molar-refractivity contribution in [1.82, 2.24) is 15.3 Å². The predicted octanol–water partition coefficient (Wildman–Crippen LogP) is 6.84. The molecule has 222 valence electrons. The van der Waals surface area contributed by atoms with Crippen LogP contribution in [0.5, 0.6) is 0 Å². The van der Waals surface area contributed by atoms with E-state index in [1.165, 1.54) is 16.9 Å². The first kappa shape index (κ1) is 30.6. The second-order valence-electron chi connectivity index (χ2n) is 11.4. The lowest BCUT2D eigenvalue weighted by molar-refractivity contribution is 0.174. The van der Waals surface area contributed by atoms with Gasteiger partial charge in [-0.1, -0.05) is 75.4 Å². The van der Waals surface area contributed by atoms with Crippen molar-refractivity contribution in [3.8, 4) is 21.8 Å². The zero-order chi connectivity index (χ0) is 30.5. The molecule has 0 saturated heterocycles. The number of aromatic nitrogens is 2. The molecule has 3 N–H and O–H groups in total. The van der Waals surface area contributed by atoms with E-state index in [1.807, 2.05) is 23.6 Å². The number of aliphatic hydroxyl groups is 1. The van der Waals surface area contributed by atoms with Gasteiger partial charge in [0.2, 0.25) is 0 Å². The molecule has 5 rings (SSSR count). The van der Waals surface area contributed by atoms with E-state index in [0.29, 0.717) is 18.8 Å². The zero-order valence-corrected chi connectivity index (χ0v) is 26.1. The van der Waals surface area contributed by atoms with Crippen LogP contribution in [0.1, 0.15) is 43.6 Å². The topological polar surface area (TPSA) is 104 Å². The Bertz CT molecular complexity index is 1730. The molecule has 1 unspecified atom stereocenters. The van der Waals surface area contributed by atoms with Crippen LogP contribution in [0.25, 0.3) is 21.8 Å². The molecule has 0 aliphatic rings. The van der Waals surface area contributed by atoms with Crippen LogP contribution in [0, 0.1) is 0 Å². The number of hydrogen-bond acceptors (Lipinski definition) is 7. The van der Waals surface area contributed by atoms with Gasteiger partial charge in [0.05, 0.1) is 16.7 Å². The van der Waals surface area contributed by atoms with Gasteiger partial charge in [0.15, 0.2) is 0 Å². The Morgan fingerprint density at radius 3 is 2.26 bits per heavy atom. The summed E-state index contributed by atoms with van der Waals surface area (Å²) in [5.41, 5.74) is 6.52. The minimum atomic E-state index is -3.75. The molecule has 9 heteroatoms. The fourth-order valence-corrected chi connectivity index (χ4v) is 6.47. The van der Waals surface area contributed by atoms with Gasteiger partial charge in [0.25, 0.3) is 10.0 Å². The Hall–Kier alpha value is -3.89. The molecule has 0 spiro atoms. The van der Waals surface area contributed by atoms with E-state index in [9.17, 15) is 13.5 Å². The normalized spacial score (nSPS) is 12.7. The van der Waals surface area contributed by atoms with Crippen LogP contribution in [0.15, 0.2) is 108 Å². The highest BCUT2D eigenvalue weighted by molar-refractivity contribution is 7.92. The van der Waals surface area contributed by atoms with E-state index in [4.69, 9.17) is 4.98 Å². The van der Waals surface area contributed by atoms with Gasteiger partial charge in [0, 0.05) is 46.7 Å². The zero-order valence-electron chi connectivity index (χ0n) is 24.5. The van der Waals surface area contributed by atoms with Crippen molar-refractivity contribution >= 4 is 27.0 Å². The Balaban J connectivity index is 1.15. The lowest BCUT2D eigenvalue weighted by Gasteiger charge is -2.18. The molecule has 0 fully saturated rings. The third-order valence-electron chi connectivity index (χ3n) is 7.17. The van der Waals surface area contributed by atoms with E-state index in [-0.39, 0.29) is 10.3 Å². The summed E-state index contributed by atoms with van der Waals surface area (Å²) in [5.74, 6) is 0. The molecule has 2 heterocycles. The molecule has 0 aliphatic carbocycles. The van der Waals surface area contributed by atoms with E-state index in [1.54, 1.807) is 54.9 Å². The number of thiazole rings is 1. The first-order chi connectivity index (χ1) is 20.6. The van der Waals surface area contributed by atoms with E-state index in [2.05, 4.69) is 60.1 Å². The first-order valence-electron chi connectivity index (χ1n) is 14.2. The number of rotatable bonds is 11. The second-order valence-corrected chi connectivity index (χ2v) is 14.0. The largest absolute Gasteiger partial charge is 0.387 e. The van der Waals surface area contributed by atoms with Crippen LogP contribution in [0.4, 0.5) is 5.69 Å². The number of anilines is 1. The van der Waals surface area contributed by atoms with E-state index < -0.39 is 16.1 Å². The van der Waals surface area contributed by atoms with Gasteiger partial charge in [-0.05, 0) is 59.8 Å². The van der Waals surface area contributed by atoms with Crippen LogP contribution < -0.4 is 10.0 Å². The van der Waals surface area contributed by atoms with Gasteiger partial charge in [-0.2, -0.15) is 0 Å². The Kier molecular flexibility index (Phi) is 9.37. The molecule has 0 bridgehead atoms. The number of nitrogens with zero attached hydrogens (tertiary/aromatic N) is 2. The van der Waals surface area contributed by atoms with E-state index >= 15 is 0 Å². The fraction of sp³-hybridized carbons (Fsp3) is 0.235. The Labute approximate surface area is 257 Å². The minimum Gasteiger partial charge on any atom is -0.387 e. The number of benzene rings is 3. The average Bonchev–Trinajstić information content (AvgIpc) is 3.51. The summed E-state index contributed by atoms with van der Waals surface area (Å²) >= 11 is 1.54. The lowest BCUT2D eigenvalue weighted by atomic mass is 9.86. The molecule has 3 aromatic carbocycles. The molecule has 0 saturated carbocycles. The van der Waals surface area contributed by atoms with Crippen LogP contribution in [-0.4, -0.2) is 36.6 Å². The number of hydrogen-bond donors (Lipinski definition) is 3. The summed E-state index contributed by atoms with van der Waals surface area (Å²) in [5, 5.41) is 16.3. The van der Waals surface area contributed by atoms with Crippen LogP contribution in [0.2, 0.25) is 0 Å². The number of nitrogens with one attached hydrogen (secondary N) is 2. The molecule has 5 aromatic rings. The van der Waals surface area contributed by atoms with Gasteiger partial charge >= 0.3 is 0 Å². The van der Waals surface area contributed by atoms with Crippen LogP contribution in [-0.2, 0) is 21.9 Å². The van der Waals surface area contributed by atoms with Crippen molar-refractivity contribution in [3.05, 3.63) is 119 Å². The highest BCUT2D eigenvalue weighted by Crippen LogP contribution is 2.31. The van der Waals surface area contributed by atoms with Crippen LogP contribution >= 0.6 is 11.3 Å². The summed E-state index contributed by atoms with van der Waals surface area (Å²) in [6.45, 7) is 7.69. The first-order valence-corrected chi connectivity index (χ1v) is 16.5. The molecule has 1 atom stereocenters. The quantitative estimate of drug-likeness (QED) is 0.141. The molecular weight excluding hydrogens is 577 g/mol. The fourth-order valence-electron chi connectivity index (χ4n) is 4.57. The third kappa shape index (κ3) is 7.94. The van der Waals surface area contributed by atoms with Gasteiger partial charge in [-0.25, -0.2) is 13.4 Å². The summed E-state index contributed by atoms with van der Waals surface area (Å²) in [4.78, 5) is 9.01. The molecule has 0 amide bonds. The van der Waals surface area contributed by atoms with Gasteiger partial charge in [-0.3, -0.25) is 9.71 Å². The van der Waals surface area contributed by atoms with Crippen molar-refractivity contribution in [1.29, 1.82) is 0 Å². The second kappa shape index (κ2) is 13.2. The highest BCUT2D eigenvalue weighted by atomic mass is 32.2. The Morgan fingerprint density at radius 2 is 1.60 bits per heavy atom. The number of sulfonamides is 1. The number of pyridine rings is 1. The van der Waals surface area contributed by atoms with Crippen molar-refractivity contribution < 1.29 is 13.5 Å². The molecule has 2 aromatic heterocycles. The maximum atomic E-state index is 13.1. The smallest absolute Gasteiger partial charge is 0.261 e. The van der Waals surface area contributed by atoms with Gasteiger partial charge in [0.1, 0.15) is 5.01 Å². The summed E-state index contributed by atoms with van der Waals surface area (Å²) < 4.78 is 28.8. The Morgan fingerprint density at radius 1 is 0.907 bits per heavy atom. The summed E-state index contributed by atoms with van der Waals surface area (Å²) in [6, 6.07) is 26.3. The molecule has 7 nitrogen and oxygen atoms in total. The standard InChI is InChI=1S/C34H36N4O3S2/c1-34(2,3)28-12-8-25(9-13-28)31-23-42-33(37-31)26-10-16-30(17-11-26)43(40,41)38-29-14-6-24(7-15-29)18-20-36-22-32(39)27-5-4-19-35-21-27/h4-17,19,21,23,32,36,38-39H,18,20,22H2,1-3H3. The number of aliphatic hydroxyl groups excluding tert-OH is 1. The average molecular weight is 613 g/mol. The van der Waals surface area contributed by atoms with Crippen molar-refractivity contribution in [2.75, 3.05) is 17.8 Å². The van der Waals surface area contributed by atoms with Gasteiger partial charge in [-0.15, -0.1) is 11.3 Å². The molecule has 43 heavy (non-hydrogen) atoms. The maximum Gasteiger partial charge on any atom is 0.261 e. The third-order valence-corrected chi connectivity index (χ3v) is 9.45. The maximum absolute atomic E-state index is 13.1. The minimum absolute atomic E-state index is 0.0944. The van der Waals surface area contributed by atoms with Crippen molar-refractivity contribution in [2.45, 2.75) is 43.6 Å². The predicted molar refractivity (Wildman–Crippen MR) is 175 cm³/mol. The highest BCUT2D eigenvalue weighted by Gasteiger charge is 2.16. The summed E-state index contributed by atoms with van der Waals surface area (Å²) in [7, 11) is -3.75. The molecular formula is C34H36N4O3S2. The van der Waals surface area contributed by atoms with Crippen molar-refractivity contribution in [3.63, 3.8) is 0 Å². The molecule has 0 radical (unpaired) electrons.